The molecular weight excluding hydrogens is 600 g/mol. The van der Waals surface area contributed by atoms with E-state index in [1.165, 1.54) is 4.90 Å². The second-order valence-electron chi connectivity index (χ2n) is 11.4. The zero-order valence-corrected chi connectivity index (χ0v) is 25.7. The van der Waals surface area contributed by atoms with Gasteiger partial charge in [0.15, 0.2) is 22.8 Å². The van der Waals surface area contributed by atoms with Gasteiger partial charge in [-0.05, 0) is 71.7 Å². The molecule has 3 N–H and O–H groups in total. The predicted octanol–water partition coefficient (Wildman–Crippen LogP) is 6.59. The summed E-state index contributed by atoms with van der Waals surface area (Å²) in [5.41, 5.74) is 2.81. The van der Waals surface area contributed by atoms with Crippen molar-refractivity contribution >= 4 is 39.8 Å². The van der Waals surface area contributed by atoms with E-state index in [0.29, 0.717) is 29.4 Å². The van der Waals surface area contributed by atoms with Crippen molar-refractivity contribution in [1.82, 2.24) is 9.88 Å². The van der Waals surface area contributed by atoms with Gasteiger partial charge in [0.25, 0.3) is 5.91 Å². The molecule has 10 heteroatoms. The number of hydrogen-bond acceptors (Lipinski definition) is 8. The highest BCUT2D eigenvalue weighted by molar-refractivity contribution is 5.93. The highest BCUT2D eigenvalue weighted by atomic mass is 16.7. The zero-order chi connectivity index (χ0) is 32.9. The first-order valence-electron chi connectivity index (χ1n) is 15.2. The number of carbonyl (C=O) groups excluding carboxylic acids is 1. The summed E-state index contributed by atoms with van der Waals surface area (Å²) in [6.45, 7) is 1.32. The predicted molar refractivity (Wildman–Crippen MR) is 176 cm³/mol. The van der Waals surface area contributed by atoms with Crippen LogP contribution < -0.4 is 9.47 Å². The van der Waals surface area contributed by atoms with Crippen molar-refractivity contribution in [2.75, 3.05) is 13.4 Å². The number of amides is 1. The average Bonchev–Trinajstić information content (AvgIpc) is 3.73. The lowest BCUT2D eigenvalue weighted by molar-refractivity contribution is -0.136. The summed E-state index contributed by atoms with van der Waals surface area (Å²) in [5.74, 6) is -1.53. The van der Waals surface area contributed by atoms with Gasteiger partial charge in [-0.25, -0.2) is 4.98 Å². The first kappa shape index (κ1) is 31.4. The maximum atomic E-state index is 14.1. The highest BCUT2D eigenvalue weighted by Gasteiger charge is 2.32. The molecule has 1 amide bonds. The Bertz CT molecular complexity index is 1960. The molecule has 47 heavy (non-hydrogen) atoms. The first-order valence-corrected chi connectivity index (χ1v) is 15.2. The Morgan fingerprint density at radius 3 is 2.49 bits per heavy atom. The van der Waals surface area contributed by atoms with E-state index in [1.54, 1.807) is 6.08 Å². The Hall–Kier alpha value is -5.61. The minimum Gasteiger partial charge on any atom is -0.503 e. The number of carbonyl (C=O) groups is 2. The van der Waals surface area contributed by atoms with Gasteiger partial charge < -0.3 is 34.1 Å². The molecule has 4 aromatic carbocycles. The largest absolute Gasteiger partial charge is 0.503 e. The normalized spacial score (nSPS) is 14.3. The molecule has 0 fully saturated rings. The third-order valence-corrected chi connectivity index (χ3v) is 8.38. The molecule has 10 nitrogen and oxygen atoms in total. The van der Waals surface area contributed by atoms with E-state index >= 15 is 0 Å². The summed E-state index contributed by atoms with van der Waals surface area (Å²) in [5, 5.41) is 32.3. The lowest BCUT2D eigenvalue weighted by Gasteiger charge is -2.35. The number of aliphatic hydroxyl groups excluding tert-OH is 2. The topological polar surface area (TPSA) is 143 Å². The fourth-order valence-corrected chi connectivity index (χ4v) is 5.87. The minimum absolute atomic E-state index is 0.107. The highest BCUT2D eigenvalue weighted by Crippen LogP contribution is 2.38. The van der Waals surface area contributed by atoms with Crippen molar-refractivity contribution < 1.29 is 38.8 Å². The van der Waals surface area contributed by atoms with Crippen LogP contribution in [0.25, 0.3) is 27.9 Å². The van der Waals surface area contributed by atoms with Crippen molar-refractivity contribution in [2.24, 2.45) is 0 Å². The molecule has 0 spiro atoms. The van der Waals surface area contributed by atoms with Gasteiger partial charge in [0.05, 0.1) is 13.0 Å². The van der Waals surface area contributed by atoms with Crippen LogP contribution in [0.1, 0.15) is 42.7 Å². The third-order valence-electron chi connectivity index (χ3n) is 8.38. The number of aliphatic hydroxyl groups is 2. The van der Waals surface area contributed by atoms with Crippen LogP contribution >= 0.6 is 0 Å². The van der Waals surface area contributed by atoms with Crippen molar-refractivity contribution in [1.29, 1.82) is 0 Å². The standard InChI is InChI=1S/C37H34N2O8/c1-23(39(37(44)36(43)28(21-40)19-35(41)42)20-24-13-14-25-7-2-3-8-26(25)17-24)29(27-15-16-32-33(18-27)46-22-45-32)9-6-12-34-38-30-10-4-5-11-31(30)47-34/h2-8,10-18,23,29,40,43H,9,19-22H2,1H3,(H,41,42)/t23-,29+/m1/s1. The molecule has 0 aliphatic carbocycles. The quantitative estimate of drug-likeness (QED) is 0.102. The van der Waals surface area contributed by atoms with E-state index in [2.05, 4.69) is 4.98 Å². The molecular formula is C37H34N2O8. The molecule has 1 aliphatic heterocycles. The first-order chi connectivity index (χ1) is 22.8. The number of aliphatic carboxylic acids is 1. The Morgan fingerprint density at radius 1 is 0.936 bits per heavy atom. The van der Waals surface area contributed by atoms with Gasteiger partial charge in [0, 0.05) is 24.1 Å². The van der Waals surface area contributed by atoms with Gasteiger partial charge in [0.1, 0.15) is 5.52 Å². The molecule has 1 aromatic heterocycles. The van der Waals surface area contributed by atoms with Crippen LogP contribution in [0.5, 0.6) is 11.5 Å². The SMILES string of the molecule is C[C@H]([C@H](CC=Cc1nc2ccccc2o1)c1ccc2c(c1)OCO2)N(Cc1ccc2ccccc2c1)C(=O)C(O)=C(CO)CC(=O)O. The zero-order valence-electron chi connectivity index (χ0n) is 25.7. The molecule has 2 atom stereocenters. The number of fused-ring (bicyclic) bond motifs is 3. The van der Waals surface area contributed by atoms with E-state index in [4.69, 9.17) is 13.9 Å². The molecule has 0 saturated carbocycles. The fraction of sp³-hybridized carbons (Fsp3) is 0.216. The lowest BCUT2D eigenvalue weighted by atomic mass is 9.87. The number of oxazole rings is 1. The van der Waals surface area contributed by atoms with E-state index in [1.807, 2.05) is 97.9 Å². The summed E-state index contributed by atoms with van der Waals surface area (Å²) in [6, 6.07) is 26.3. The number of ether oxygens (including phenoxy) is 2. The number of rotatable bonds is 12. The molecule has 0 bridgehead atoms. The fourth-order valence-electron chi connectivity index (χ4n) is 5.87. The number of carboxylic acids is 1. The van der Waals surface area contributed by atoms with Gasteiger partial charge >= 0.3 is 5.97 Å². The molecule has 240 valence electrons. The van der Waals surface area contributed by atoms with Crippen molar-refractivity contribution in [3.8, 4) is 11.5 Å². The second-order valence-corrected chi connectivity index (χ2v) is 11.4. The minimum atomic E-state index is -1.27. The Labute approximate surface area is 270 Å². The maximum absolute atomic E-state index is 14.1. The molecule has 0 unspecified atom stereocenters. The van der Waals surface area contributed by atoms with E-state index in [-0.39, 0.29) is 24.8 Å². The number of hydrogen-bond donors (Lipinski definition) is 3. The van der Waals surface area contributed by atoms with E-state index in [9.17, 15) is 24.9 Å². The van der Waals surface area contributed by atoms with Crippen molar-refractivity contribution in [3.05, 3.63) is 119 Å². The number of benzene rings is 4. The van der Waals surface area contributed by atoms with Crippen LogP contribution in [-0.2, 0) is 16.1 Å². The van der Waals surface area contributed by atoms with Crippen LogP contribution in [0.4, 0.5) is 0 Å². The number of para-hydroxylation sites is 2. The van der Waals surface area contributed by atoms with Gasteiger partial charge in [-0.3, -0.25) is 9.59 Å². The van der Waals surface area contributed by atoms with Crippen molar-refractivity contribution in [2.45, 2.75) is 38.3 Å². The van der Waals surface area contributed by atoms with Crippen LogP contribution in [0, 0.1) is 0 Å². The second kappa shape index (κ2) is 13.8. The number of carboxylic acid groups (broad SMARTS) is 1. The van der Waals surface area contributed by atoms with E-state index < -0.39 is 36.7 Å². The smallest absolute Gasteiger partial charge is 0.307 e. The van der Waals surface area contributed by atoms with Crippen LogP contribution in [0.15, 0.2) is 107 Å². The van der Waals surface area contributed by atoms with Crippen LogP contribution in [-0.4, -0.2) is 56.5 Å². The monoisotopic (exact) mass is 634 g/mol. The summed E-state index contributed by atoms with van der Waals surface area (Å²) in [4.78, 5) is 31.6. The Kier molecular flexibility index (Phi) is 9.21. The third kappa shape index (κ3) is 6.97. The Balaban J connectivity index is 1.38. The average molecular weight is 635 g/mol. The summed E-state index contributed by atoms with van der Waals surface area (Å²) in [7, 11) is 0. The van der Waals surface area contributed by atoms with Gasteiger partial charge in [0.2, 0.25) is 12.7 Å². The van der Waals surface area contributed by atoms with Crippen molar-refractivity contribution in [3.63, 3.8) is 0 Å². The van der Waals surface area contributed by atoms with Gasteiger partial charge in [-0.1, -0.05) is 60.7 Å². The molecule has 0 radical (unpaired) electrons. The number of aromatic nitrogens is 1. The molecule has 6 rings (SSSR count). The van der Waals surface area contributed by atoms with E-state index in [0.717, 1.165) is 27.4 Å². The molecule has 5 aromatic rings. The molecule has 2 heterocycles. The number of allylic oxidation sites excluding steroid dienone is 1. The summed E-state index contributed by atoms with van der Waals surface area (Å²) in [6.07, 6.45) is 3.48. The van der Waals surface area contributed by atoms with Gasteiger partial charge in [-0.2, -0.15) is 0 Å². The maximum Gasteiger partial charge on any atom is 0.307 e. The molecule has 1 aliphatic rings. The van der Waals surface area contributed by atoms with Crippen LogP contribution in [0.2, 0.25) is 0 Å². The van der Waals surface area contributed by atoms with Gasteiger partial charge in [-0.15, -0.1) is 0 Å². The molecule has 0 saturated heterocycles. The Morgan fingerprint density at radius 2 is 1.70 bits per heavy atom. The summed E-state index contributed by atoms with van der Waals surface area (Å²) >= 11 is 0. The summed E-state index contributed by atoms with van der Waals surface area (Å²) < 4.78 is 17.1. The number of nitrogens with zero attached hydrogens (tertiary/aromatic N) is 2. The lowest BCUT2D eigenvalue weighted by Crippen LogP contribution is -2.42. The van der Waals surface area contributed by atoms with Crippen LogP contribution in [0.3, 0.4) is 0 Å².